The number of anilines is 1. The van der Waals surface area contributed by atoms with Gasteiger partial charge in [0.15, 0.2) is 5.69 Å². The van der Waals surface area contributed by atoms with Crippen molar-refractivity contribution >= 4 is 28.2 Å². The van der Waals surface area contributed by atoms with Crippen molar-refractivity contribution in [3.05, 3.63) is 64.5 Å². The second kappa shape index (κ2) is 8.13. The number of carbonyl (C=O) groups is 2. The van der Waals surface area contributed by atoms with E-state index in [1.165, 1.54) is 28.2 Å². The summed E-state index contributed by atoms with van der Waals surface area (Å²) in [6.07, 6.45) is 2.35. The lowest BCUT2D eigenvalue weighted by molar-refractivity contribution is 0.0528. The number of benzene rings is 1. The Bertz CT molecular complexity index is 963. The minimum Gasteiger partial charge on any atom is -0.462 e. The first-order valence-electron chi connectivity index (χ1n) is 8.44. The summed E-state index contributed by atoms with van der Waals surface area (Å²) in [5.74, 6) is -1.26. The molecule has 3 rings (SSSR count). The second-order valence-corrected chi connectivity index (χ2v) is 6.74. The van der Waals surface area contributed by atoms with Crippen LogP contribution >= 0.6 is 11.3 Å². The monoisotopic (exact) mass is 387 g/mol. The number of hydrogen-bond donors (Lipinski definition) is 1. The lowest BCUT2D eigenvalue weighted by Gasteiger charge is -2.05. The molecule has 0 aliphatic carbocycles. The van der Waals surface area contributed by atoms with Crippen molar-refractivity contribution in [1.29, 1.82) is 0 Å². The van der Waals surface area contributed by atoms with Gasteiger partial charge in [0.1, 0.15) is 10.8 Å². The van der Waals surface area contributed by atoms with Crippen LogP contribution in [0.2, 0.25) is 0 Å². The lowest BCUT2D eigenvalue weighted by Crippen LogP contribution is -2.15. The summed E-state index contributed by atoms with van der Waals surface area (Å²) in [7, 11) is 0. The number of nitrogens with zero attached hydrogens (tertiary/aromatic N) is 2. The quantitative estimate of drug-likeness (QED) is 0.647. The molecule has 0 saturated heterocycles. The van der Waals surface area contributed by atoms with Crippen molar-refractivity contribution in [2.24, 2.45) is 0 Å². The van der Waals surface area contributed by atoms with Crippen LogP contribution in [-0.2, 0) is 11.2 Å². The van der Waals surface area contributed by atoms with E-state index in [0.717, 1.165) is 11.3 Å². The summed E-state index contributed by atoms with van der Waals surface area (Å²) in [6.45, 7) is 3.95. The summed E-state index contributed by atoms with van der Waals surface area (Å²) < 4.78 is 19.6. The van der Waals surface area contributed by atoms with Crippen molar-refractivity contribution in [2.45, 2.75) is 20.3 Å². The van der Waals surface area contributed by atoms with Crippen molar-refractivity contribution in [1.82, 2.24) is 9.78 Å². The van der Waals surface area contributed by atoms with E-state index in [0.29, 0.717) is 16.3 Å². The van der Waals surface area contributed by atoms with Gasteiger partial charge in [0.2, 0.25) is 0 Å². The van der Waals surface area contributed by atoms with Crippen LogP contribution in [0.1, 0.15) is 39.6 Å². The number of thiophene rings is 1. The summed E-state index contributed by atoms with van der Waals surface area (Å²) in [6, 6.07) is 9.05. The van der Waals surface area contributed by atoms with Gasteiger partial charge in [-0.3, -0.25) is 4.79 Å². The summed E-state index contributed by atoms with van der Waals surface area (Å²) in [5.41, 5.74) is 1.15. The number of rotatable bonds is 6. The van der Waals surface area contributed by atoms with Gasteiger partial charge in [0, 0.05) is 11.1 Å². The number of hydrogen-bond acceptors (Lipinski definition) is 5. The average Bonchev–Trinajstić information content (AvgIpc) is 3.30. The van der Waals surface area contributed by atoms with Gasteiger partial charge in [-0.15, -0.1) is 11.3 Å². The summed E-state index contributed by atoms with van der Waals surface area (Å²) in [4.78, 5) is 25.6. The topological polar surface area (TPSA) is 73.2 Å². The van der Waals surface area contributed by atoms with Gasteiger partial charge in [-0.2, -0.15) is 5.10 Å². The fourth-order valence-electron chi connectivity index (χ4n) is 2.42. The van der Waals surface area contributed by atoms with E-state index in [4.69, 9.17) is 4.74 Å². The molecule has 1 N–H and O–H groups in total. The van der Waals surface area contributed by atoms with E-state index < -0.39 is 11.9 Å². The molecule has 1 aromatic carbocycles. The molecule has 0 fully saturated rings. The average molecular weight is 387 g/mol. The number of aromatic nitrogens is 2. The van der Waals surface area contributed by atoms with Crippen LogP contribution in [0.3, 0.4) is 0 Å². The van der Waals surface area contributed by atoms with Crippen LogP contribution in [0.4, 0.5) is 9.39 Å². The van der Waals surface area contributed by atoms with Gasteiger partial charge in [-0.25, -0.2) is 13.9 Å². The molecule has 2 aromatic heterocycles. The third kappa shape index (κ3) is 4.22. The molecule has 0 unspecified atom stereocenters. The Labute approximate surface area is 159 Å². The Morgan fingerprint density at radius 3 is 2.63 bits per heavy atom. The van der Waals surface area contributed by atoms with E-state index in [2.05, 4.69) is 10.4 Å². The predicted octanol–water partition coefficient (Wildman–Crippen LogP) is 4.06. The SMILES string of the molecule is CCOC(=O)c1cc(CC)sc1NC(=O)c1ccn(-c2ccc(F)cc2)n1. The molecule has 0 aliphatic rings. The highest BCUT2D eigenvalue weighted by molar-refractivity contribution is 7.16. The second-order valence-electron chi connectivity index (χ2n) is 5.61. The highest BCUT2D eigenvalue weighted by Crippen LogP contribution is 2.29. The fraction of sp³-hybridized carbons (Fsp3) is 0.211. The van der Waals surface area contributed by atoms with E-state index in [9.17, 15) is 14.0 Å². The maximum Gasteiger partial charge on any atom is 0.341 e. The maximum absolute atomic E-state index is 13.0. The molecule has 0 saturated carbocycles. The van der Waals surface area contributed by atoms with Crippen molar-refractivity contribution in [3.8, 4) is 5.69 Å². The van der Waals surface area contributed by atoms with Crippen LogP contribution in [0.15, 0.2) is 42.6 Å². The van der Waals surface area contributed by atoms with Crippen LogP contribution < -0.4 is 5.32 Å². The fourth-order valence-corrected chi connectivity index (χ4v) is 3.40. The summed E-state index contributed by atoms with van der Waals surface area (Å²) in [5, 5.41) is 7.39. The first kappa shape index (κ1) is 18.8. The van der Waals surface area contributed by atoms with Crippen LogP contribution in [0.5, 0.6) is 0 Å². The van der Waals surface area contributed by atoms with E-state index in [1.807, 2.05) is 6.92 Å². The Balaban J connectivity index is 1.81. The zero-order chi connectivity index (χ0) is 19.4. The largest absolute Gasteiger partial charge is 0.462 e. The molecular formula is C19H18FN3O3S. The highest BCUT2D eigenvalue weighted by Gasteiger charge is 2.20. The third-order valence-electron chi connectivity index (χ3n) is 3.77. The van der Waals surface area contributed by atoms with Gasteiger partial charge in [0.05, 0.1) is 17.9 Å². The number of amides is 1. The van der Waals surface area contributed by atoms with Gasteiger partial charge in [-0.05, 0) is 49.7 Å². The van der Waals surface area contributed by atoms with Gasteiger partial charge in [-0.1, -0.05) is 6.92 Å². The number of nitrogens with one attached hydrogen (secondary N) is 1. The molecule has 6 nitrogen and oxygen atoms in total. The van der Waals surface area contributed by atoms with Gasteiger partial charge < -0.3 is 10.1 Å². The zero-order valence-electron chi connectivity index (χ0n) is 14.9. The Morgan fingerprint density at radius 1 is 1.22 bits per heavy atom. The highest BCUT2D eigenvalue weighted by atomic mass is 32.1. The number of carbonyl (C=O) groups excluding carboxylic acids is 2. The van der Waals surface area contributed by atoms with Gasteiger partial charge >= 0.3 is 5.97 Å². The van der Waals surface area contributed by atoms with Crippen molar-refractivity contribution in [3.63, 3.8) is 0 Å². The maximum atomic E-state index is 13.0. The molecule has 0 bridgehead atoms. The van der Waals surface area contributed by atoms with E-state index in [-0.39, 0.29) is 18.1 Å². The number of aryl methyl sites for hydroxylation is 1. The first-order valence-corrected chi connectivity index (χ1v) is 9.26. The molecule has 140 valence electrons. The minimum atomic E-state index is -0.472. The number of esters is 1. The first-order chi connectivity index (χ1) is 13.0. The van der Waals surface area contributed by atoms with E-state index in [1.54, 1.807) is 37.4 Å². The minimum absolute atomic E-state index is 0.181. The predicted molar refractivity (Wildman–Crippen MR) is 101 cm³/mol. The van der Waals surface area contributed by atoms with Crippen LogP contribution in [0.25, 0.3) is 5.69 Å². The number of ether oxygens (including phenoxy) is 1. The lowest BCUT2D eigenvalue weighted by atomic mass is 10.2. The zero-order valence-corrected chi connectivity index (χ0v) is 15.7. The van der Waals surface area contributed by atoms with Crippen molar-refractivity contribution < 1.29 is 18.7 Å². The van der Waals surface area contributed by atoms with Crippen LogP contribution in [0, 0.1) is 5.82 Å². The molecule has 0 atom stereocenters. The molecule has 1 amide bonds. The van der Waals surface area contributed by atoms with E-state index >= 15 is 0 Å². The Morgan fingerprint density at radius 2 is 1.96 bits per heavy atom. The standard InChI is InChI=1S/C19H18FN3O3S/c1-3-14-11-15(19(25)26-4-2)18(27-14)21-17(24)16-9-10-23(22-16)13-7-5-12(20)6-8-13/h5-11H,3-4H2,1-2H3,(H,21,24). The molecule has 0 aliphatic heterocycles. The molecule has 3 aromatic rings. The molecule has 0 spiro atoms. The Hall–Kier alpha value is -3.00. The third-order valence-corrected chi connectivity index (χ3v) is 4.96. The van der Waals surface area contributed by atoms with Crippen LogP contribution in [-0.4, -0.2) is 28.3 Å². The smallest absolute Gasteiger partial charge is 0.341 e. The summed E-state index contributed by atoms with van der Waals surface area (Å²) >= 11 is 1.33. The molecule has 8 heteroatoms. The molecular weight excluding hydrogens is 369 g/mol. The normalized spacial score (nSPS) is 10.6. The molecule has 27 heavy (non-hydrogen) atoms. The molecule has 2 heterocycles. The molecule has 0 radical (unpaired) electrons. The van der Waals surface area contributed by atoms with Gasteiger partial charge in [0.25, 0.3) is 5.91 Å². The Kier molecular flexibility index (Phi) is 5.66. The number of halogens is 1. The van der Waals surface area contributed by atoms with Crippen molar-refractivity contribution in [2.75, 3.05) is 11.9 Å².